The molecule has 0 fully saturated rings. The van der Waals surface area contributed by atoms with E-state index >= 15 is 0 Å². The first kappa shape index (κ1) is 18.1. The van der Waals surface area contributed by atoms with Gasteiger partial charge < -0.3 is 10.6 Å². The maximum absolute atomic E-state index is 12.1. The summed E-state index contributed by atoms with van der Waals surface area (Å²) in [6.07, 6.45) is 3.33. The number of pyridine rings is 1. The van der Waals surface area contributed by atoms with Gasteiger partial charge in [0, 0.05) is 30.9 Å². The topological polar surface area (TPSA) is 71.1 Å². The quantitative estimate of drug-likeness (QED) is 0.838. The fourth-order valence-corrected chi connectivity index (χ4v) is 1.69. The van der Waals surface area contributed by atoms with E-state index in [9.17, 15) is 9.59 Å². The average Bonchev–Trinajstić information content (AvgIpc) is 2.41. The zero-order chi connectivity index (χ0) is 17.0. The Morgan fingerprint density at radius 2 is 1.59 bits per heavy atom. The zero-order valence-corrected chi connectivity index (χ0v) is 14.4. The lowest BCUT2D eigenvalue weighted by Crippen LogP contribution is -2.39. The maximum atomic E-state index is 12.1. The van der Waals surface area contributed by atoms with Gasteiger partial charge >= 0.3 is 0 Å². The summed E-state index contributed by atoms with van der Waals surface area (Å²) in [5, 5.41) is 5.59. The van der Waals surface area contributed by atoms with Crippen LogP contribution in [-0.4, -0.2) is 29.9 Å². The van der Waals surface area contributed by atoms with E-state index < -0.39 is 5.41 Å². The molecule has 0 unspecified atom stereocenters. The number of amides is 2. The molecule has 0 saturated heterocycles. The second-order valence-corrected chi connectivity index (χ2v) is 7.47. The van der Waals surface area contributed by atoms with Crippen molar-refractivity contribution in [1.82, 2.24) is 15.6 Å². The van der Waals surface area contributed by atoms with Gasteiger partial charge in [-0.2, -0.15) is 0 Å². The van der Waals surface area contributed by atoms with Crippen LogP contribution in [0.1, 0.15) is 57.5 Å². The van der Waals surface area contributed by atoms with E-state index in [1.807, 2.05) is 26.8 Å². The number of nitrogens with one attached hydrogen (secondary N) is 2. The van der Waals surface area contributed by atoms with Gasteiger partial charge in [0.1, 0.15) is 0 Å². The third-order valence-corrected chi connectivity index (χ3v) is 3.24. The van der Waals surface area contributed by atoms with Gasteiger partial charge in [-0.3, -0.25) is 14.6 Å². The van der Waals surface area contributed by atoms with Crippen LogP contribution in [0.25, 0.3) is 0 Å². The predicted molar refractivity (Wildman–Crippen MR) is 87.7 cm³/mol. The Hall–Kier alpha value is -1.91. The highest BCUT2D eigenvalue weighted by Gasteiger charge is 2.20. The highest BCUT2D eigenvalue weighted by Crippen LogP contribution is 2.21. The predicted octanol–water partition coefficient (Wildman–Crippen LogP) is 2.27. The molecule has 1 heterocycles. The second-order valence-electron chi connectivity index (χ2n) is 7.47. The zero-order valence-electron chi connectivity index (χ0n) is 14.4. The molecule has 5 heteroatoms. The van der Waals surface area contributed by atoms with Crippen LogP contribution in [0.2, 0.25) is 0 Å². The first-order valence-corrected chi connectivity index (χ1v) is 7.54. The number of carbonyl (C=O) groups excluding carboxylic acids is 2. The number of aromatic nitrogens is 1. The van der Waals surface area contributed by atoms with Gasteiger partial charge in [0.05, 0.1) is 5.56 Å². The molecule has 2 amide bonds. The third kappa shape index (κ3) is 5.47. The van der Waals surface area contributed by atoms with E-state index in [-0.39, 0.29) is 17.2 Å². The van der Waals surface area contributed by atoms with Crippen LogP contribution in [0.3, 0.4) is 0 Å². The standard InChI is InChI=1S/C17H27N3O2/c1-16(2,3)13-9-12(10-18-11-13)14(21)19-7-8-20-15(22)17(4,5)6/h9-11H,7-8H2,1-6H3,(H,19,21)(H,20,22). The first-order valence-electron chi connectivity index (χ1n) is 7.54. The van der Waals surface area contributed by atoms with Crippen LogP contribution in [-0.2, 0) is 10.2 Å². The molecule has 0 aliphatic carbocycles. The average molecular weight is 305 g/mol. The van der Waals surface area contributed by atoms with Gasteiger partial charge in [-0.15, -0.1) is 0 Å². The smallest absolute Gasteiger partial charge is 0.252 e. The summed E-state index contributed by atoms with van der Waals surface area (Å²) in [6.45, 7) is 12.6. The molecule has 0 bridgehead atoms. The Bertz CT molecular complexity index is 540. The van der Waals surface area contributed by atoms with Crippen molar-refractivity contribution in [1.29, 1.82) is 0 Å². The van der Waals surface area contributed by atoms with E-state index in [2.05, 4.69) is 36.4 Å². The fraction of sp³-hybridized carbons (Fsp3) is 0.588. The summed E-state index contributed by atoms with van der Waals surface area (Å²) >= 11 is 0. The lowest BCUT2D eigenvalue weighted by Gasteiger charge is -2.19. The van der Waals surface area contributed by atoms with Gasteiger partial charge in [0.25, 0.3) is 5.91 Å². The number of hydrogen-bond acceptors (Lipinski definition) is 3. The Labute approximate surface area is 132 Å². The summed E-state index contributed by atoms with van der Waals surface area (Å²) in [4.78, 5) is 27.9. The van der Waals surface area contributed by atoms with Crippen molar-refractivity contribution in [3.05, 3.63) is 29.6 Å². The van der Waals surface area contributed by atoms with Crippen molar-refractivity contribution in [2.45, 2.75) is 47.0 Å². The minimum absolute atomic E-state index is 0.0295. The summed E-state index contributed by atoms with van der Waals surface area (Å²) in [5.74, 6) is -0.207. The normalized spacial score (nSPS) is 11.9. The molecule has 0 radical (unpaired) electrons. The monoisotopic (exact) mass is 305 g/mol. The van der Waals surface area contributed by atoms with Crippen LogP contribution < -0.4 is 10.6 Å². The third-order valence-electron chi connectivity index (χ3n) is 3.24. The minimum atomic E-state index is -0.422. The Morgan fingerprint density at radius 3 is 2.14 bits per heavy atom. The Balaban J connectivity index is 2.52. The van der Waals surface area contributed by atoms with E-state index in [0.29, 0.717) is 18.7 Å². The van der Waals surface area contributed by atoms with Crippen molar-refractivity contribution in [3.63, 3.8) is 0 Å². The van der Waals surface area contributed by atoms with Gasteiger partial charge in [0.15, 0.2) is 0 Å². The van der Waals surface area contributed by atoms with Crippen molar-refractivity contribution >= 4 is 11.8 Å². The largest absolute Gasteiger partial charge is 0.354 e. The van der Waals surface area contributed by atoms with E-state index in [1.165, 1.54) is 0 Å². The van der Waals surface area contributed by atoms with Crippen LogP contribution in [0.15, 0.2) is 18.5 Å². The summed E-state index contributed by atoms with van der Waals surface area (Å²) in [7, 11) is 0. The molecule has 1 aromatic heterocycles. The van der Waals surface area contributed by atoms with Crippen LogP contribution in [0.5, 0.6) is 0 Å². The molecular weight excluding hydrogens is 278 g/mol. The summed E-state index contributed by atoms with van der Waals surface area (Å²) in [5.41, 5.74) is 1.08. The van der Waals surface area contributed by atoms with Crippen molar-refractivity contribution in [2.75, 3.05) is 13.1 Å². The molecule has 2 N–H and O–H groups in total. The van der Waals surface area contributed by atoms with Crippen molar-refractivity contribution in [2.24, 2.45) is 5.41 Å². The minimum Gasteiger partial charge on any atom is -0.354 e. The molecule has 0 aromatic carbocycles. The van der Waals surface area contributed by atoms with Gasteiger partial charge in [0.2, 0.25) is 5.91 Å². The number of rotatable bonds is 4. The molecule has 0 atom stereocenters. The van der Waals surface area contributed by atoms with Crippen LogP contribution in [0.4, 0.5) is 0 Å². The molecule has 0 saturated carbocycles. The molecule has 0 aliphatic rings. The molecule has 0 aliphatic heterocycles. The van der Waals surface area contributed by atoms with Crippen LogP contribution >= 0.6 is 0 Å². The molecule has 122 valence electrons. The van der Waals surface area contributed by atoms with E-state index in [1.54, 1.807) is 12.4 Å². The molecule has 0 spiro atoms. The Kier molecular flexibility index (Phi) is 5.69. The van der Waals surface area contributed by atoms with Crippen LogP contribution in [0, 0.1) is 5.41 Å². The number of hydrogen-bond donors (Lipinski definition) is 2. The highest BCUT2D eigenvalue weighted by atomic mass is 16.2. The molecular formula is C17H27N3O2. The van der Waals surface area contributed by atoms with Crippen molar-refractivity contribution in [3.8, 4) is 0 Å². The lowest BCUT2D eigenvalue weighted by molar-refractivity contribution is -0.128. The lowest BCUT2D eigenvalue weighted by atomic mass is 9.87. The van der Waals surface area contributed by atoms with E-state index in [4.69, 9.17) is 0 Å². The van der Waals surface area contributed by atoms with Crippen molar-refractivity contribution < 1.29 is 9.59 Å². The fourth-order valence-electron chi connectivity index (χ4n) is 1.69. The molecule has 1 rings (SSSR count). The number of nitrogens with zero attached hydrogens (tertiary/aromatic N) is 1. The molecule has 5 nitrogen and oxygen atoms in total. The second kappa shape index (κ2) is 6.90. The summed E-state index contributed by atoms with van der Waals surface area (Å²) in [6, 6.07) is 1.86. The van der Waals surface area contributed by atoms with Gasteiger partial charge in [-0.05, 0) is 17.0 Å². The SMILES string of the molecule is CC(C)(C)C(=O)NCCNC(=O)c1cncc(C(C)(C)C)c1. The molecule has 22 heavy (non-hydrogen) atoms. The molecule has 1 aromatic rings. The Morgan fingerprint density at radius 1 is 1.00 bits per heavy atom. The maximum Gasteiger partial charge on any atom is 0.252 e. The highest BCUT2D eigenvalue weighted by molar-refractivity contribution is 5.94. The van der Waals surface area contributed by atoms with E-state index in [0.717, 1.165) is 5.56 Å². The van der Waals surface area contributed by atoms with Gasteiger partial charge in [-0.1, -0.05) is 41.5 Å². The van der Waals surface area contributed by atoms with Gasteiger partial charge in [-0.25, -0.2) is 0 Å². The first-order chi connectivity index (χ1) is 10.0. The number of carbonyl (C=O) groups is 2. The summed E-state index contributed by atoms with van der Waals surface area (Å²) < 4.78 is 0.